The van der Waals surface area contributed by atoms with Gasteiger partial charge in [0.15, 0.2) is 0 Å². The van der Waals surface area contributed by atoms with Gasteiger partial charge in [-0.25, -0.2) is 0 Å². The molecule has 0 bridgehead atoms. The van der Waals surface area contributed by atoms with Gasteiger partial charge in [0.25, 0.3) is 0 Å². The van der Waals surface area contributed by atoms with E-state index in [0.717, 1.165) is 14.6 Å². The van der Waals surface area contributed by atoms with Crippen LogP contribution < -0.4 is 5.73 Å². The number of anilines is 1. The molecule has 1 aromatic rings. The van der Waals surface area contributed by atoms with Crippen molar-refractivity contribution < 1.29 is 0 Å². The topological polar surface area (TPSA) is 26.0 Å². The summed E-state index contributed by atoms with van der Waals surface area (Å²) in [7, 11) is 0. The van der Waals surface area contributed by atoms with E-state index < -0.39 is 0 Å². The number of hydrogen-bond donors (Lipinski definition) is 1. The molecule has 0 saturated carbocycles. The Morgan fingerprint density at radius 3 is 2.58 bits per heavy atom. The molecular formula is C9H9Br2N. The normalized spacial score (nSPS) is 9.58. The fourth-order valence-electron chi connectivity index (χ4n) is 1.01. The van der Waals surface area contributed by atoms with E-state index in [1.807, 2.05) is 31.2 Å². The average molecular weight is 291 g/mol. The second-order valence-electron chi connectivity index (χ2n) is 2.51. The van der Waals surface area contributed by atoms with E-state index in [0.29, 0.717) is 0 Å². The number of hydrogen-bond acceptors (Lipinski definition) is 1. The van der Waals surface area contributed by atoms with Crippen LogP contribution in [-0.2, 0) is 0 Å². The summed E-state index contributed by atoms with van der Waals surface area (Å²) in [5.74, 6) is 0. The molecule has 1 aromatic carbocycles. The highest BCUT2D eigenvalue weighted by Gasteiger charge is 1.98. The lowest BCUT2D eigenvalue weighted by Gasteiger charge is -2.03. The number of nitrogen functional groups attached to an aromatic ring is 1. The zero-order valence-corrected chi connectivity index (χ0v) is 9.81. The first kappa shape index (κ1) is 9.81. The minimum absolute atomic E-state index is 0.798. The molecule has 1 rings (SSSR count). The maximum atomic E-state index is 5.78. The Morgan fingerprint density at radius 2 is 2.08 bits per heavy atom. The number of benzene rings is 1. The Balaban J connectivity index is 3.22. The summed E-state index contributed by atoms with van der Waals surface area (Å²) in [6.07, 6.45) is 1.95. The highest BCUT2D eigenvalue weighted by atomic mass is 79.9. The minimum Gasteiger partial charge on any atom is -0.398 e. The maximum absolute atomic E-state index is 5.78. The Labute approximate surface area is 88.9 Å². The highest BCUT2D eigenvalue weighted by Crippen LogP contribution is 2.24. The number of rotatable bonds is 1. The first-order valence-corrected chi connectivity index (χ1v) is 5.07. The SMILES string of the molecule is Cc1cccc(N)c1C=C(Br)Br. The first-order chi connectivity index (χ1) is 5.61. The molecule has 0 aliphatic carbocycles. The lowest BCUT2D eigenvalue weighted by atomic mass is 10.1. The molecule has 0 unspecified atom stereocenters. The Morgan fingerprint density at radius 1 is 1.42 bits per heavy atom. The second-order valence-corrected chi connectivity index (χ2v) is 5.28. The van der Waals surface area contributed by atoms with Crippen LogP contribution in [0.3, 0.4) is 0 Å². The molecule has 64 valence electrons. The van der Waals surface area contributed by atoms with Crippen LogP contribution in [0.1, 0.15) is 11.1 Å². The van der Waals surface area contributed by atoms with Gasteiger partial charge in [0.05, 0.1) is 3.39 Å². The Bertz CT molecular complexity index is 294. The van der Waals surface area contributed by atoms with Crippen LogP contribution in [0.2, 0.25) is 0 Å². The largest absolute Gasteiger partial charge is 0.398 e. The van der Waals surface area contributed by atoms with Gasteiger partial charge < -0.3 is 5.73 Å². The van der Waals surface area contributed by atoms with E-state index in [-0.39, 0.29) is 0 Å². The van der Waals surface area contributed by atoms with E-state index in [4.69, 9.17) is 5.73 Å². The molecule has 0 fully saturated rings. The predicted molar refractivity (Wildman–Crippen MR) is 61.4 cm³/mol. The van der Waals surface area contributed by atoms with Crippen LogP contribution in [0.15, 0.2) is 21.6 Å². The summed E-state index contributed by atoms with van der Waals surface area (Å²) in [4.78, 5) is 0. The van der Waals surface area contributed by atoms with Crippen LogP contribution in [0, 0.1) is 6.92 Å². The predicted octanol–water partition coefficient (Wildman–Crippen LogP) is 3.67. The molecule has 0 saturated heterocycles. The zero-order chi connectivity index (χ0) is 9.14. The van der Waals surface area contributed by atoms with Crippen LogP contribution in [0.4, 0.5) is 5.69 Å². The molecule has 2 N–H and O–H groups in total. The van der Waals surface area contributed by atoms with Crippen molar-refractivity contribution >= 4 is 43.6 Å². The molecule has 12 heavy (non-hydrogen) atoms. The third kappa shape index (κ3) is 2.35. The third-order valence-electron chi connectivity index (χ3n) is 1.61. The summed E-state index contributed by atoms with van der Waals surface area (Å²) in [6, 6.07) is 5.87. The molecule has 0 aromatic heterocycles. The lowest BCUT2D eigenvalue weighted by molar-refractivity contribution is 1.45. The summed E-state index contributed by atoms with van der Waals surface area (Å²) >= 11 is 6.60. The number of halogens is 2. The van der Waals surface area contributed by atoms with Gasteiger partial charge in [-0.15, -0.1) is 0 Å². The van der Waals surface area contributed by atoms with Crippen LogP contribution in [0.5, 0.6) is 0 Å². The van der Waals surface area contributed by atoms with E-state index in [1.54, 1.807) is 0 Å². The summed E-state index contributed by atoms with van der Waals surface area (Å²) in [6.45, 7) is 2.03. The maximum Gasteiger partial charge on any atom is 0.0610 e. The van der Waals surface area contributed by atoms with Crippen molar-refractivity contribution in [3.63, 3.8) is 0 Å². The Hall–Kier alpha value is -0.280. The molecular weight excluding hydrogens is 282 g/mol. The second kappa shape index (κ2) is 4.10. The van der Waals surface area contributed by atoms with Crippen LogP contribution in [0.25, 0.3) is 6.08 Å². The molecule has 0 atom stereocenters. The number of aryl methyl sites for hydroxylation is 1. The molecule has 3 heteroatoms. The summed E-state index contributed by atoms with van der Waals surface area (Å²) in [5, 5.41) is 0. The molecule has 0 aliphatic heterocycles. The monoisotopic (exact) mass is 289 g/mol. The smallest absolute Gasteiger partial charge is 0.0610 e. The highest BCUT2D eigenvalue weighted by molar-refractivity contribution is 9.28. The zero-order valence-electron chi connectivity index (χ0n) is 6.64. The number of nitrogens with two attached hydrogens (primary N) is 1. The van der Waals surface area contributed by atoms with Gasteiger partial charge >= 0.3 is 0 Å². The van der Waals surface area contributed by atoms with Gasteiger partial charge in [0.1, 0.15) is 0 Å². The quantitative estimate of drug-likeness (QED) is 0.785. The van der Waals surface area contributed by atoms with E-state index in [1.165, 1.54) is 5.56 Å². The van der Waals surface area contributed by atoms with Crippen molar-refractivity contribution in [3.05, 3.63) is 32.7 Å². The van der Waals surface area contributed by atoms with Crippen LogP contribution >= 0.6 is 31.9 Å². The molecule has 0 spiro atoms. The molecule has 0 amide bonds. The van der Waals surface area contributed by atoms with Gasteiger partial charge in [-0.1, -0.05) is 12.1 Å². The lowest BCUT2D eigenvalue weighted by Crippen LogP contribution is -1.91. The molecule has 1 nitrogen and oxygen atoms in total. The fourth-order valence-corrected chi connectivity index (χ4v) is 1.47. The average Bonchev–Trinajstić information content (AvgIpc) is 1.97. The van der Waals surface area contributed by atoms with E-state index in [2.05, 4.69) is 31.9 Å². The van der Waals surface area contributed by atoms with Gasteiger partial charge in [-0.3, -0.25) is 0 Å². The minimum atomic E-state index is 0.798. The Kier molecular flexibility index (Phi) is 3.35. The van der Waals surface area contributed by atoms with Gasteiger partial charge in [-0.2, -0.15) is 0 Å². The van der Waals surface area contributed by atoms with Crippen molar-refractivity contribution in [1.29, 1.82) is 0 Å². The van der Waals surface area contributed by atoms with Crippen LogP contribution in [-0.4, -0.2) is 0 Å². The molecule has 0 heterocycles. The third-order valence-corrected chi connectivity index (χ3v) is 2.07. The summed E-state index contributed by atoms with van der Waals surface area (Å²) < 4.78 is 0.899. The van der Waals surface area contributed by atoms with Crippen molar-refractivity contribution in [2.75, 3.05) is 5.73 Å². The standard InChI is InChI=1S/C9H9Br2N/c1-6-3-2-4-8(12)7(6)5-9(10)11/h2-5H,12H2,1H3. The molecule has 0 radical (unpaired) electrons. The fraction of sp³-hybridized carbons (Fsp3) is 0.111. The first-order valence-electron chi connectivity index (χ1n) is 3.49. The van der Waals surface area contributed by atoms with Gasteiger partial charge in [0.2, 0.25) is 0 Å². The van der Waals surface area contributed by atoms with Crippen molar-refractivity contribution in [1.82, 2.24) is 0 Å². The van der Waals surface area contributed by atoms with Crippen molar-refractivity contribution in [3.8, 4) is 0 Å². The van der Waals surface area contributed by atoms with E-state index in [9.17, 15) is 0 Å². The summed E-state index contributed by atoms with van der Waals surface area (Å²) in [5.41, 5.74) is 8.81. The van der Waals surface area contributed by atoms with Gasteiger partial charge in [-0.05, 0) is 56.5 Å². The van der Waals surface area contributed by atoms with E-state index >= 15 is 0 Å². The molecule has 0 aliphatic rings. The van der Waals surface area contributed by atoms with Crippen molar-refractivity contribution in [2.45, 2.75) is 6.92 Å². The van der Waals surface area contributed by atoms with Gasteiger partial charge in [0, 0.05) is 11.3 Å². The van der Waals surface area contributed by atoms with Crippen molar-refractivity contribution in [2.24, 2.45) is 0 Å².